The second-order valence-electron chi connectivity index (χ2n) is 8.18. The molecule has 6 rings (SSSR count). The van der Waals surface area contributed by atoms with Gasteiger partial charge < -0.3 is 19.9 Å². The molecule has 2 fully saturated rings. The standard InChI is InChI=1S/C24H23N5O3/c25-23-24-26-11-17(29(24)28-14-27-23)19-20(30-12-15-7-3-1-4-8-15)18-21(22(18)32-19)31-13-16-9-5-2-6-10-16/h1-11,14,18-22H,12-13H2,(H2,25,27,28). The highest BCUT2D eigenvalue weighted by Crippen LogP contribution is 2.55. The van der Waals surface area contributed by atoms with E-state index in [-0.39, 0.29) is 30.3 Å². The molecular weight excluding hydrogens is 406 g/mol. The van der Waals surface area contributed by atoms with Gasteiger partial charge in [0, 0.05) is 5.92 Å². The number of nitrogen functional groups attached to an aromatic ring is 1. The molecule has 1 saturated heterocycles. The smallest absolute Gasteiger partial charge is 0.196 e. The van der Waals surface area contributed by atoms with Crippen molar-refractivity contribution in [1.82, 2.24) is 19.6 Å². The molecule has 5 unspecified atom stereocenters. The highest BCUT2D eigenvalue weighted by molar-refractivity contribution is 5.59. The van der Waals surface area contributed by atoms with Crippen LogP contribution in [-0.4, -0.2) is 37.9 Å². The summed E-state index contributed by atoms with van der Waals surface area (Å²) in [6.45, 7) is 1.05. The highest BCUT2D eigenvalue weighted by atomic mass is 16.6. The Labute approximate surface area is 185 Å². The number of hydrogen-bond donors (Lipinski definition) is 1. The van der Waals surface area contributed by atoms with Gasteiger partial charge in [0.05, 0.1) is 43.4 Å². The summed E-state index contributed by atoms with van der Waals surface area (Å²) in [7, 11) is 0. The van der Waals surface area contributed by atoms with Crippen LogP contribution >= 0.6 is 0 Å². The molecule has 0 bridgehead atoms. The molecule has 0 amide bonds. The molecule has 3 heterocycles. The molecule has 5 atom stereocenters. The van der Waals surface area contributed by atoms with E-state index in [0.29, 0.717) is 24.7 Å². The van der Waals surface area contributed by atoms with Gasteiger partial charge in [-0.2, -0.15) is 5.10 Å². The number of nitrogens with two attached hydrogens (primary N) is 1. The van der Waals surface area contributed by atoms with Crippen LogP contribution in [0.5, 0.6) is 0 Å². The Kier molecular flexibility index (Phi) is 4.83. The summed E-state index contributed by atoms with van der Waals surface area (Å²) in [5, 5.41) is 4.33. The number of benzene rings is 2. The summed E-state index contributed by atoms with van der Waals surface area (Å²) in [6.07, 6.45) is 2.66. The summed E-state index contributed by atoms with van der Waals surface area (Å²) in [4.78, 5) is 8.42. The Morgan fingerprint density at radius 2 is 1.53 bits per heavy atom. The maximum atomic E-state index is 6.42. The van der Waals surface area contributed by atoms with E-state index in [9.17, 15) is 0 Å². The lowest BCUT2D eigenvalue weighted by atomic mass is 10.1. The van der Waals surface area contributed by atoms with E-state index in [1.165, 1.54) is 6.33 Å². The predicted molar refractivity (Wildman–Crippen MR) is 116 cm³/mol. The summed E-state index contributed by atoms with van der Waals surface area (Å²) in [5.74, 6) is 0.484. The first-order valence-corrected chi connectivity index (χ1v) is 10.7. The largest absolute Gasteiger partial charge is 0.381 e. The first-order valence-electron chi connectivity index (χ1n) is 10.7. The van der Waals surface area contributed by atoms with Crippen LogP contribution in [0.1, 0.15) is 22.9 Å². The topological polar surface area (TPSA) is 96.8 Å². The minimum Gasteiger partial charge on any atom is -0.381 e. The van der Waals surface area contributed by atoms with Crippen molar-refractivity contribution in [3.05, 3.63) is 90.0 Å². The second kappa shape index (κ2) is 7.98. The van der Waals surface area contributed by atoms with Gasteiger partial charge in [-0.25, -0.2) is 14.5 Å². The van der Waals surface area contributed by atoms with Gasteiger partial charge in [-0.3, -0.25) is 0 Å². The maximum Gasteiger partial charge on any atom is 0.196 e. The average Bonchev–Trinajstić information content (AvgIpc) is 3.15. The zero-order chi connectivity index (χ0) is 21.5. The maximum absolute atomic E-state index is 6.42. The van der Waals surface area contributed by atoms with E-state index in [0.717, 1.165) is 16.8 Å². The summed E-state index contributed by atoms with van der Waals surface area (Å²) in [6, 6.07) is 20.3. The van der Waals surface area contributed by atoms with Crippen molar-refractivity contribution in [1.29, 1.82) is 0 Å². The molecular formula is C24H23N5O3. The first-order chi connectivity index (χ1) is 15.8. The zero-order valence-electron chi connectivity index (χ0n) is 17.3. The Morgan fingerprint density at radius 3 is 2.22 bits per heavy atom. The molecule has 1 aliphatic carbocycles. The minimum absolute atomic E-state index is 0.00566. The van der Waals surface area contributed by atoms with E-state index < -0.39 is 0 Å². The van der Waals surface area contributed by atoms with Crippen molar-refractivity contribution in [2.24, 2.45) is 5.92 Å². The number of rotatable bonds is 7. The van der Waals surface area contributed by atoms with Crippen molar-refractivity contribution < 1.29 is 14.2 Å². The highest BCUT2D eigenvalue weighted by Gasteiger charge is 2.66. The average molecular weight is 429 g/mol. The van der Waals surface area contributed by atoms with Gasteiger partial charge in [0.15, 0.2) is 11.5 Å². The number of hydrogen-bond acceptors (Lipinski definition) is 7. The lowest BCUT2D eigenvalue weighted by Gasteiger charge is -2.24. The first kappa shape index (κ1) is 19.4. The fourth-order valence-electron chi connectivity index (χ4n) is 4.49. The van der Waals surface area contributed by atoms with Crippen molar-refractivity contribution >= 4 is 11.5 Å². The monoisotopic (exact) mass is 429 g/mol. The van der Waals surface area contributed by atoms with Crippen molar-refractivity contribution in [2.45, 2.75) is 37.6 Å². The quantitative estimate of drug-likeness (QED) is 0.482. The van der Waals surface area contributed by atoms with Crippen molar-refractivity contribution in [3.8, 4) is 0 Å². The SMILES string of the molecule is Nc1ncnn2c(C3OC4C(OCc5ccccc5)C4C3OCc3ccccc3)cnc12. The molecule has 32 heavy (non-hydrogen) atoms. The summed E-state index contributed by atoms with van der Waals surface area (Å²) >= 11 is 0. The molecule has 0 radical (unpaired) electrons. The molecule has 2 aromatic carbocycles. The third-order valence-corrected chi connectivity index (χ3v) is 6.14. The summed E-state index contributed by atoms with van der Waals surface area (Å²) in [5.41, 5.74) is 9.55. The van der Waals surface area contributed by atoms with Crippen LogP contribution < -0.4 is 5.73 Å². The lowest BCUT2D eigenvalue weighted by Crippen LogP contribution is -2.27. The van der Waals surface area contributed by atoms with Crippen LogP contribution in [0, 0.1) is 5.92 Å². The minimum atomic E-state index is -0.311. The van der Waals surface area contributed by atoms with E-state index in [2.05, 4.69) is 39.3 Å². The van der Waals surface area contributed by atoms with Crippen LogP contribution in [0.25, 0.3) is 5.65 Å². The molecule has 2 aliphatic rings. The third-order valence-electron chi connectivity index (χ3n) is 6.14. The van der Waals surface area contributed by atoms with Crippen LogP contribution in [0.3, 0.4) is 0 Å². The Balaban J connectivity index is 1.23. The van der Waals surface area contributed by atoms with Gasteiger partial charge in [0.2, 0.25) is 0 Å². The molecule has 1 aliphatic heterocycles. The number of ether oxygens (including phenoxy) is 3. The third kappa shape index (κ3) is 3.42. The van der Waals surface area contributed by atoms with Gasteiger partial charge in [0.25, 0.3) is 0 Å². The predicted octanol–water partition coefficient (Wildman–Crippen LogP) is 2.95. The molecule has 8 heteroatoms. The van der Waals surface area contributed by atoms with E-state index in [4.69, 9.17) is 19.9 Å². The Hall–Kier alpha value is -3.33. The molecule has 4 aromatic rings. The Bertz CT molecular complexity index is 1220. The lowest BCUT2D eigenvalue weighted by molar-refractivity contribution is -0.0858. The molecule has 2 aromatic heterocycles. The fourth-order valence-corrected chi connectivity index (χ4v) is 4.49. The number of imidazole rings is 1. The normalized spacial score (nSPS) is 26.3. The molecule has 2 N–H and O–H groups in total. The van der Waals surface area contributed by atoms with Crippen LogP contribution in [-0.2, 0) is 27.4 Å². The molecule has 8 nitrogen and oxygen atoms in total. The fraction of sp³-hybridized carbons (Fsp3) is 0.292. The van der Waals surface area contributed by atoms with Gasteiger partial charge >= 0.3 is 0 Å². The van der Waals surface area contributed by atoms with Crippen LogP contribution in [0.4, 0.5) is 5.82 Å². The van der Waals surface area contributed by atoms with Gasteiger partial charge in [-0.05, 0) is 11.1 Å². The van der Waals surface area contributed by atoms with Crippen LogP contribution in [0.15, 0.2) is 73.2 Å². The van der Waals surface area contributed by atoms with Gasteiger partial charge in [-0.1, -0.05) is 60.7 Å². The Morgan fingerprint density at radius 1 is 0.875 bits per heavy atom. The van der Waals surface area contributed by atoms with Crippen molar-refractivity contribution in [3.63, 3.8) is 0 Å². The summed E-state index contributed by atoms with van der Waals surface area (Å²) < 4.78 is 20.7. The second-order valence-corrected chi connectivity index (χ2v) is 8.18. The van der Waals surface area contributed by atoms with Gasteiger partial charge in [0.1, 0.15) is 12.4 Å². The molecule has 0 spiro atoms. The molecule has 162 valence electrons. The van der Waals surface area contributed by atoms with E-state index in [1.807, 2.05) is 36.4 Å². The number of anilines is 1. The van der Waals surface area contributed by atoms with E-state index >= 15 is 0 Å². The number of fused-ring (bicyclic) bond motifs is 2. The number of aromatic nitrogens is 4. The van der Waals surface area contributed by atoms with Crippen LogP contribution in [0.2, 0.25) is 0 Å². The van der Waals surface area contributed by atoms with Crippen molar-refractivity contribution in [2.75, 3.05) is 5.73 Å². The van der Waals surface area contributed by atoms with E-state index in [1.54, 1.807) is 10.7 Å². The molecule has 1 saturated carbocycles. The number of nitrogens with zero attached hydrogens (tertiary/aromatic N) is 4. The van der Waals surface area contributed by atoms with Gasteiger partial charge in [-0.15, -0.1) is 0 Å². The zero-order valence-corrected chi connectivity index (χ0v) is 17.3.